The molecule has 35 heavy (non-hydrogen) atoms. The minimum Gasteiger partial charge on any atom is -0.465 e. The molecule has 0 saturated carbocycles. The fourth-order valence-corrected chi connectivity index (χ4v) is 5.93. The van der Waals surface area contributed by atoms with E-state index in [2.05, 4.69) is 10.6 Å². The van der Waals surface area contributed by atoms with Crippen LogP contribution in [0, 0.1) is 0 Å². The number of nitrogens with one attached hydrogen (secondary N) is 2. The summed E-state index contributed by atoms with van der Waals surface area (Å²) in [5.41, 5.74) is 0.884. The Morgan fingerprint density at radius 2 is 1.37 bits per heavy atom. The Morgan fingerprint density at radius 1 is 0.800 bits per heavy atom. The molecule has 3 rings (SSSR count). The van der Waals surface area contributed by atoms with Crippen LogP contribution < -0.4 is 26.5 Å². The lowest BCUT2D eigenvalue weighted by atomic mass is 10.1. The normalized spacial score (nSPS) is 10.6. The quantitative estimate of drug-likeness (QED) is 0.243. The first-order valence-electron chi connectivity index (χ1n) is 11.2. The van der Waals surface area contributed by atoms with Crippen LogP contribution >= 0.6 is 7.92 Å². The molecule has 3 aromatic carbocycles. The molecule has 2 N–H and O–H groups in total. The molecular formula is C27H29N2O5P. The first-order chi connectivity index (χ1) is 17.0. The summed E-state index contributed by atoms with van der Waals surface area (Å²) >= 11 is 0. The van der Waals surface area contributed by atoms with Crippen molar-refractivity contribution in [3.8, 4) is 0 Å². The van der Waals surface area contributed by atoms with Crippen LogP contribution in [0.3, 0.4) is 0 Å². The molecule has 0 heterocycles. The minimum absolute atomic E-state index is 0.112. The van der Waals surface area contributed by atoms with E-state index in [1.54, 1.807) is 18.2 Å². The van der Waals surface area contributed by atoms with Crippen LogP contribution in [0.2, 0.25) is 0 Å². The Balaban J connectivity index is 1.85. The summed E-state index contributed by atoms with van der Waals surface area (Å²) in [5.74, 6) is -0.817. The van der Waals surface area contributed by atoms with E-state index >= 15 is 0 Å². The molecule has 0 fully saturated rings. The summed E-state index contributed by atoms with van der Waals surface area (Å²) in [5, 5.41) is 8.37. The number of methoxy groups -OCH3 is 1. The van der Waals surface area contributed by atoms with Crippen molar-refractivity contribution < 1.29 is 23.9 Å². The van der Waals surface area contributed by atoms with Crippen molar-refractivity contribution in [1.29, 1.82) is 0 Å². The first kappa shape index (κ1) is 26.1. The molecule has 2 amide bonds. The number of hydrogen-bond donors (Lipinski definition) is 2. The molecule has 0 aliphatic rings. The van der Waals surface area contributed by atoms with Gasteiger partial charge in [-0.05, 0) is 36.7 Å². The average molecular weight is 493 g/mol. The van der Waals surface area contributed by atoms with Gasteiger partial charge in [0, 0.05) is 30.9 Å². The fourth-order valence-electron chi connectivity index (χ4n) is 3.46. The third kappa shape index (κ3) is 7.47. The third-order valence-electron chi connectivity index (χ3n) is 5.09. The molecule has 0 aliphatic heterocycles. The van der Waals surface area contributed by atoms with Crippen LogP contribution in [0.4, 0.5) is 0 Å². The highest BCUT2D eigenvalue weighted by Crippen LogP contribution is 2.34. The number of carbonyl (C=O) groups is 3. The van der Waals surface area contributed by atoms with Gasteiger partial charge in [-0.1, -0.05) is 60.7 Å². The van der Waals surface area contributed by atoms with E-state index in [9.17, 15) is 14.4 Å². The topological polar surface area (TPSA) is 93.7 Å². The van der Waals surface area contributed by atoms with Crippen molar-refractivity contribution in [2.24, 2.45) is 0 Å². The van der Waals surface area contributed by atoms with E-state index in [0.717, 1.165) is 15.9 Å². The summed E-state index contributed by atoms with van der Waals surface area (Å²) in [4.78, 5) is 36.4. The SMILES string of the molecule is COC(=O)c1ccc(C(=O)NCCOCCNC(C)=O)cc1P(c1ccccc1)c1ccccc1. The molecule has 0 bridgehead atoms. The number of rotatable bonds is 11. The van der Waals surface area contributed by atoms with Gasteiger partial charge in [0.15, 0.2) is 0 Å². The van der Waals surface area contributed by atoms with Crippen molar-refractivity contribution in [3.63, 3.8) is 0 Å². The molecule has 0 radical (unpaired) electrons. The smallest absolute Gasteiger partial charge is 0.338 e. The molecule has 0 saturated heterocycles. The van der Waals surface area contributed by atoms with Gasteiger partial charge in [0.05, 0.1) is 25.9 Å². The predicted octanol–water partition coefficient (Wildman–Crippen LogP) is 2.11. The van der Waals surface area contributed by atoms with Gasteiger partial charge in [-0.15, -0.1) is 0 Å². The van der Waals surface area contributed by atoms with Crippen LogP contribution in [0.5, 0.6) is 0 Å². The number of ether oxygens (including phenoxy) is 2. The van der Waals surface area contributed by atoms with Crippen LogP contribution in [0.1, 0.15) is 27.6 Å². The van der Waals surface area contributed by atoms with Gasteiger partial charge >= 0.3 is 5.97 Å². The van der Waals surface area contributed by atoms with Crippen LogP contribution in [-0.2, 0) is 14.3 Å². The van der Waals surface area contributed by atoms with Crippen molar-refractivity contribution in [1.82, 2.24) is 10.6 Å². The molecule has 0 unspecified atom stereocenters. The van der Waals surface area contributed by atoms with Crippen LogP contribution in [0.15, 0.2) is 78.9 Å². The van der Waals surface area contributed by atoms with Crippen molar-refractivity contribution in [2.45, 2.75) is 6.92 Å². The second-order valence-electron chi connectivity index (χ2n) is 7.58. The molecule has 0 atom stereocenters. The van der Waals surface area contributed by atoms with E-state index in [4.69, 9.17) is 9.47 Å². The lowest BCUT2D eigenvalue weighted by Crippen LogP contribution is -2.31. The number of amides is 2. The Morgan fingerprint density at radius 3 is 1.91 bits per heavy atom. The third-order valence-corrected chi connectivity index (χ3v) is 7.57. The summed E-state index contributed by atoms with van der Waals surface area (Å²) in [7, 11) is 0.239. The summed E-state index contributed by atoms with van der Waals surface area (Å²) in [6.45, 7) is 2.87. The van der Waals surface area contributed by atoms with Gasteiger partial charge in [0.25, 0.3) is 5.91 Å². The Hall–Kier alpha value is -3.54. The highest BCUT2D eigenvalue weighted by molar-refractivity contribution is 7.80. The Bertz CT molecular complexity index is 1100. The number of hydrogen-bond acceptors (Lipinski definition) is 5. The highest BCUT2D eigenvalue weighted by Gasteiger charge is 2.24. The monoisotopic (exact) mass is 492 g/mol. The van der Waals surface area contributed by atoms with Gasteiger partial charge in [-0.2, -0.15) is 0 Å². The summed E-state index contributed by atoms with van der Waals surface area (Å²) in [6.07, 6.45) is 0. The molecule has 7 nitrogen and oxygen atoms in total. The van der Waals surface area contributed by atoms with E-state index in [1.807, 2.05) is 60.7 Å². The zero-order chi connectivity index (χ0) is 25.0. The van der Waals surface area contributed by atoms with Gasteiger partial charge in [0.2, 0.25) is 5.91 Å². The van der Waals surface area contributed by atoms with Crippen molar-refractivity contribution in [3.05, 3.63) is 90.0 Å². The molecule has 3 aromatic rings. The Labute approximate surface area is 206 Å². The predicted molar refractivity (Wildman–Crippen MR) is 138 cm³/mol. The number of carbonyl (C=O) groups excluding carboxylic acids is 3. The second-order valence-corrected chi connectivity index (χ2v) is 9.77. The minimum atomic E-state index is -1.11. The zero-order valence-corrected chi connectivity index (χ0v) is 20.7. The molecule has 182 valence electrons. The van der Waals surface area contributed by atoms with Crippen LogP contribution in [-0.4, -0.2) is 51.2 Å². The lowest BCUT2D eigenvalue weighted by Gasteiger charge is -2.22. The molecule has 0 aromatic heterocycles. The fraction of sp³-hybridized carbons (Fsp3) is 0.222. The Kier molecular flexibility index (Phi) is 9.96. The number of esters is 1. The van der Waals surface area contributed by atoms with Crippen molar-refractivity contribution >= 4 is 41.6 Å². The van der Waals surface area contributed by atoms with Crippen LogP contribution in [0.25, 0.3) is 0 Å². The molecule has 8 heteroatoms. The van der Waals surface area contributed by atoms with E-state index in [1.165, 1.54) is 14.0 Å². The van der Waals surface area contributed by atoms with E-state index < -0.39 is 13.9 Å². The average Bonchev–Trinajstić information content (AvgIpc) is 2.88. The molecule has 0 spiro atoms. The zero-order valence-electron chi connectivity index (χ0n) is 19.8. The van der Waals surface area contributed by atoms with Gasteiger partial charge in [-0.25, -0.2) is 4.79 Å². The maximum absolute atomic E-state index is 12.9. The largest absolute Gasteiger partial charge is 0.465 e. The number of benzene rings is 3. The maximum atomic E-state index is 12.9. The van der Waals surface area contributed by atoms with Gasteiger partial charge < -0.3 is 20.1 Å². The van der Waals surface area contributed by atoms with Gasteiger partial charge in [0.1, 0.15) is 0 Å². The van der Waals surface area contributed by atoms with E-state index in [0.29, 0.717) is 37.4 Å². The van der Waals surface area contributed by atoms with Gasteiger partial charge in [-0.3, -0.25) is 9.59 Å². The summed E-state index contributed by atoms with van der Waals surface area (Å²) < 4.78 is 10.5. The first-order valence-corrected chi connectivity index (χ1v) is 12.6. The lowest BCUT2D eigenvalue weighted by molar-refractivity contribution is -0.119. The second kappa shape index (κ2) is 13.4. The highest BCUT2D eigenvalue weighted by atomic mass is 31.1. The maximum Gasteiger partial charge on any atom is 0.338 e. The van der Waals surface area contributed by atoms with Crippen molar-refractivity contribution in [2.75, 3.05) is 33.4 Å². The molecular weight excluding hydrogens is 463 g/mol. The molecule has 0 aliphatic carbocycles. The van der Waals surface area contributed by atoms with E-state index in [-0.39, 0.29) is 11.8 Å². The standard InChI is InChI=1S/C27H29N2O5P/c1-20(30)28-15-17-34-18-16-29-26(31)21-13-14-24(27(32)33-2)25(19-21)35(22-9-5-3-6-10-22)23-11-7-4-8-12-23/h3-14,19H,15-18H2,1-2H3,(H,28,30)(H,29,31). The summed E-state index contributed by atoms with van der Waals surface area (Å²) in [6, 6.07) is 25.0.